The predicted molar refractivity (Wildman–Crippen MR) is 91.1 cm³/mol. The van der Waals surface area contributed by atoms with Crippen LogP contribution in [0, 0.1) is 6.92 Å². The molecule has 1 aromatic heterocycles. The molecule has 23 heavy (non-hydrogen) atoms. The number of carbonyl (C=O) groups excluding carboxylic acids is 1. The van der Waals surface area contributed by atoms with E-state index in [0.717, 1.165) is 28.6 Å². The van der Waals surface area contributed by atoms with E-state index < -0.39 is 0 Å². The molecule has 7 heteroatoms. The summed E-state index contributed by atoms with van der Waals surface area (Å²) in [5, 5.41) is 3.63. The van der Waals surface area contributed by atoms with Crippen LogP contribution in [0.3, 0.4) is 0 Å². The lowest BCUT2D eigenvalue weighted by Crippen LogP contribution is -2.33. The third-order valence-electron chi connectivity index (χ3n) is 3.92. The minimum atomic E-state index is -0.104. The van der Waals surface area contributed by atoms with Crippen molar-refractivity contribution in [1.82, 2.24) is 14.9 Å². The van der Waals surface area contributed by atoms with Crippen molar-refractivity contribution >= 4 is 17.7 Å². The second kappa shape index (κ2) is 8.49. The first-order valence-electron chi connectivity index (χ1n) is 8.17. The fourth-order valence-corrected chi connectivity index (χ4v) is 3.89. The van der Waals surface area contributed by atoms with Crippen molar-refractivity contribution in [1.29, 1.82) is 0 Å². The van der Waals surface area contributed by atoms with Gasteiger partial charge in [0.2, 0.25) is 5.91 Å². The standard InChI is InChI=1S/C16H25N3O3S/c1-4-13-11(3)18-16-19(15(13)21)12(10-23-16)9-14(20)17-7-6-8-22-5-2/h12H,4-10H2,1-3H3,(H,17,20). The molecule has 0 aliphatic carbocycles. The van der Waals surface area contributed by atoms with Gasteiger partial charge in [-0.1, -0.05) is 18.7 Å². The van der Waals surface area contributed by atoms with Gasteiger partial charge in [0.25, 0.3) is 5.56 Å². The van der Waals surface area contributed by atoms with Crippen LogP contribution in [0.5, 0.6) is 0 Å². The molecule has 1 aliphatic heterocycles. The summed E-state index contributed by atoms with van der Waals surface area (Å²) >= 11 is 1.55. The normalized spacial score (nSPS) is 16.4. The van der Waals surface area contributed by atoms with Crippen LogP contribution in [0.15, 0.2) is 9.95 Å². The number of hydrogen-bond donors (Lipinski definition) is 1. The third kappa shape index (κ3) is 4.35. The molecule has 1 amide bonds. The van der Waals surface area contributed by atoms with Crippen molar-refractivity contribution in [3.63, 3.8) is 0 Å². The predicted octanol–water partition coefficient (Wildman–Crippen LogP) is 1.69. The summed E-state index contributed by atoms with van der Waals surface area (Å²) in [6.45, 7) is 7.74. The van der Waals surface area contributed by atoms with E-state index in [1.807, 2.05) is 20.8 Å². The number of rotatable bonds is 8. The summed E-state index contributed by atoms with van der Waals surface area (Å²) in [6.07, 6.45) is 1.79. The number of amides is 1. The molecule has 1 unspecified atom stereocenters. The zero-order valence-corrected chi connectivity index (χ0v) is 14.9. The van der Waals surface area contributed by atoms with Crippen LogP contribution in [0.25, 0.3) is 0 Å². The summed E-state index contributed by atoms with van der Waals surface area (Å²) in [7, 11) is 0. The third-order valence-corrected chi connectivity index (χ3v) is 5.02. The van der Waals surface area contributed by atoms with Gasteiger partial charge in [-0.15, -0.1) is 0 Å². The Bertz CT molecular complexity index is 615. The largest absolute Gasteiger partial charge is 0.382 e. The molecule has 0 spiro atoms. The maximum absolute atomic E-state index is 12.6. The molecule has 0 saturated heterocycles. The first kappa shape index (κ1) is 18.0. The lowest BCUT2D eigenvalue weighted by Gasteiger charge is -2.15. The number of aryl methyl sites for hydroxylation is 1. The van der Waals surface area contributed by atoms with Crippen LogP contribution in [0.4, 0.5) is 0 Å². The number of nitrogens with one attached hydrogen (secondary N) is 1. The molecule has 1 aliphatic rings. The Morgan fingerprint density at radius 1 is 1.48 bits per heavy atom. The molecular formula is C16H25N3O3S. The van der Waals surface area contributed by atoms with E-state index in [0.29, 0.717) is 32.6 Å². The van der Waals surface area contributed by atoms with E-state index in [4.69, 9.17) is 4.74 Å². The van der Waals surface area contributed by atoms with E-state index in [1.165, 1.54) is 0 Å². The van der Waals surface area contributed by atoms with Crippen LogP contribution in [0.1, 0.15) is 44.0 Å². The summed E-state index contributed by atoms with van der Waals surface area (Å²) in [6, 6.07) is -0.104. The monoisotopic (exact) mass is 339 g/mol. The van der Waals surface area contributed by atoms with Gasteiger partial charge in [-0.05, 0) is 26.7 Å². The SMILES string of the molecule is CCOCCCNC(=O)CC1CSc2nc(C)c(CC)c(=O)n21. The van der Waals surface area contributed by atoms with Gasteiger partial charge in [0, 0.05) is 43.2 Å². The Morgan fingerprint density at radius 2 is 2.26 bits per heavy atom. The van der Waals surface area contributed by atoms with Gasteiger partial charge >= 0.3 is 0 Å². The molecule has 6 nitrogen and oxygen atoms in total. The maximum Gasteiger partial charge on any atom is 0.257 e. The van der Waals surface area contributed by atoms with Gasteiger partial charge in [0.05, 0.1) is 6.04 Å². The quantitative estimate of drug-likeness (QED) is 0.576. The molecule has 1 atom stereocenters. The molecule has 0 aromatic carbocycles. The number of nitrogens with zero attached hydrogens (tertiary/aromatic N) is 2. The molecule has 1 aromatic rings. The number of aromatic nitrogens is 2. The fourth-order valence-electron chi connectivity index (χ4n) is 2.71. The van der Waals surface area contributed by atoms with Crippen molar-refractivity contribution in [2.45, 2.75) is 51.2 Å². The van der Waals surface area contributed by atoms with Crippen LogP contribution < -0.4 is 10.9 Å². The van der Waals surface area contributed by atoms with Crippen molar-refractivity contribution in [2.24, 2.45) is 0 Å². The van der Waals surface area contributed by atoms with E-state index in [2.05, 4.69) is 10.3 Å². The molecule has 2 heterocycles. The Balaban J connectivity index is 1.97. The zero-order valence-electron chi connectivity index (χ0n) is 14.1. The highest BCUT2D eigenvalue weighted by molar-refractivity contribution is 7.99. The molecule has 1 N–H and O–H groups in total. The summed E-state index contributed by atoms with van der Waals surface area (Å²) in [4.78, 5) is 29.2. The second-order valence-electron chi connectivity index (χ2n) is 5.56. The van der Waals surface area contributed by atoms with E-state index >= 15 is 0 Å². The smallest absolute Gasteiger partial charge is 0.257 e. The van der Waals surface area contributed by atoms with Crippen molar-refractivity contribution < 1.29 is 9.53 Å². The minimum absolute atomic E-state index is 0.00847. The first-order chi connectivity index (χ1) is 11.1. The number of fused-ring (bicyclic) bond motifs is 1. The second-order valence-corrected chi connectivity index (χ2v) is 6.54. The van der Waals surface area contributed by atoms with Gasteiger partial charge in [-0.3, -0.25) is 14.2 Å². The average molecular weight is 339 g/mol. The number of carbonyl (C=O) groups is 1. The van der Waals surface area contributed by atoms with E-state index in [-0.39, 0.29) is 17.5 Å². The Kier molecular flexibility index (Phi) is 6.65. The van der Waals surface area contributed by atoms with Crippen LogP contribution in [-0.2, 0) is 16.0 Å². The molecule has 0 radical (unpaired) electrons. The van der Waals surface area contributed by atoms with Gasteiger partial charge in [-0.25, -0.2) is 4.98 Å². The van der Waals surface area contributed by atoms with Crippen molar-refractivity contribution in [3.05, 3.63) is 21.6 Å². The lowest BCUT2D eigenvalue weighted by atomic mass is 10.1. The van der Waals surface area contributed by atoms with Gasteiger partial charge in [0.1, 0.15) is 0 Å². The Labute approximate surface area is 141 Å². The fraction of sp³-hybridized carbons (Fsp3) is 0.688. The van der Waals surface area contributed by atoms with Crippen molar-refractivity contribution in [2.75, 3.05) is 25.5 Å². The topological polar surface area (TPSA) is 73.2 Å². The number of ether oxygens (including phenoxy) is 1. The van der Waals surface area contributed by atoms with Crippen LogP contribution in [-0.4, -0.2) is 41.0 Å². The number of thioether (sulfide) groups is 1. The summed E-state index contributed by atoms with van der Waals surface area (Å²) in [5.41, 5.74) is 1.56. The van der Waals surface area contributed by atoms with Gasteiger partial charge in [0.15, 0.2) is 5.16 Å². The minimum Gasteiger partial charge on any atom is -0.382 e. The van der Waals surface area contributed by atoms with E-state index in [9.17, 15) is 9.59 Å². The number of hydrogen-bond acceptors (Lipinski definition) is 5. The van der Waals surface area contributed by atoms with E-state index in [1.54, 1.807) is 16.3 Å². The summed E-state index contributed by atoms with van der Waals surface area (Å²) in [5.74, 6) is 0.701. The van der Waals surface area contributed by atoms with Crippen LogP contribution >= 0.6 is 11.8 Å². The van der Waals surface area contributed by atoms with Gasteiger partial charge in [-0.2, -0.15) is 0 Å². The zero-order chi connectivity index (χ0) is 16.8. The lowest BCUT2D eigenvalue weighted by molar-refractivity contribution is -0.121. The summed E-state index contributed by atoms with van der Waals surface area (Å²) < 4.78 is 6.94. The van der Waals surface area contributed by atoms with Crippen LogP contribution in [0.2, 0.25) is 0 Å². The van der Waals surface area contributed by atoms with Crippen molar-refractivity contribution in [3.8, 4) is 0 Å². The highest BCUT2D eigenvalue weighted by Crippen LogP contribution is 2.32. The molecule has 0 saturated carbocycles. The Hall–Kier alpha value is -1.34. The highest BCUT2D eigenvalue weighted by Gasteiger charge is 2.28. The molecule has 128 valence electrons. The highest BCUT2D eigenvalue weighted by atomic mass is 32.2. The molecule has 0 fully saturated rings. The molecule has 0 bridgehead atoms. The Morgan fingerprint density at radius 3 is 2.96 bits per heavy atom. The van der Waals surface area contributed by atoms with Gasteiger partial charge < -0.3 is 10.1 Å². The first-order valence-corrected chi connectivity index (χ1v) is 9.16. The molecular weight excluding hydrogens is 314 g/mol. The maximum atomic E-state index is 12.6. The molecule has 2 rings (SSSR count). The average Bonchev–Trinajstić information content (AvgIpc) is 2.90.